The molecular weight excluding hydrogens is 559 g/mol. The summed E-state index contributed by atoms with van der Waals surface area (Å²) in [6.07, 6.45) is -0.966. The number of carbonyl (C=O) groups is 1. The molecule has 0 spiro atoms. The molecule has 37 heavy (non-hydrogen) atoms. The van der Waals surface area contributed by atoms with Crippen molar-refractivity contribution in [2.24, 2.45) is 0 Å². The summed E-state index contributed by atoms with van der Waals surface area (Å²) >= 11 is -0.406. The number of phenolic OH excluding ortho intramolecular Hbond substituents is 1. The molecule has 1 fully saturated rings. The van der Waals surface area contributed by atoms with Gasteiger partial charge >= 0.3 is 174 Å². The SMILES string of the molecule is N#C[Se]CC(=O)Nc1ccc(C2=C(c3ccc(O)cc3)C3CC(S(=O)(=O)Oc4ccccc4)C2O3)cc1. The number of nitrogens with one attached hydrogen (secondary N) is 1. The van der Waals surface area contributed by atoms with E-state index in [0.717, 1.165) is 22.3 Å². The predicted octanol–water partition coefficient (Wildman–Crippen LogP) is 3.79. The van der Waals surface area contributed by atoms with Gasteiger partial charge in [0, 0.05) is 0 Å². The molecule has 3 aromatic rings. The molecule has 3 atom stereocenters. The number of amides is 1. The van der Waals surface area contributed by atoms with E-state index in [1.165, 1.54) is 0 Å². The van der Waals surface area contributed by atoms with E-state index < -0.39 is 42.5 Å². The maximum absolute atomic E-state index is 13.3. The second kappa shape index (κ2) is 10.4. The molecule has 1 saturated heterocycles. The van der Waals surface area contributed by atoms with Gasteiger partial charge in [-0.15, -0.1) is 0 Å². The van der Waals surface area contributed by atoms with Crippen molar-refractivity contribution in [2.75, 3.05) is 5.32 Å². The molecule has 0 radical (unpaired) electrons. The normalized spacial score (nSPS) is 20.5. The van der Waals surface area contributed by atoms with Crippen LogP contribution in [0.25, 0.3) is 11.1 Å². The summed E-state index contributed by atoms with van der Waals surface area (Å²) in [7, 11) is -4.01. The number of fused-ring (bicyclic) bond motifs is 2. The van der Waals surface area contributed by atoms with E-state index in [0.29, 0.717) is 5.69 Å². The molecule has 3 aromatic carbocycles. The Morgan fingerprint density at radius 2 is 1.68 bits per heavy atom. The minimum absolute atomic E-state index is 0.129. The molecule has 0 aliphatic carbocycles. The number of anilines is 1. The summed E-state index contributed by atoms with van der Waals surface area (Å²) in [4.78, 5) is 14.0. The molecular formula is C27H22N2O6SSe. The second-order valence-corrected chi connectivity index (χ2v) is 11.9. The van der Waals surface area contributed by atoms with Gasteiger partial charge < -0.3 is 5.11 Å². The molecule has 2 aliphatic rings. The topological polar surface area (TPSA) is 126 Å². The van der Waals surface area contributed by atoms with Gasteiger partial charge in [0.1, 0.15) is 11.5 Å². The Labute approximate surface area is 220 Å². The van der Waals surface area contributed by atoms with Crippen LogP contribution in [0, 0.1) is 10.2 Å². The van der Waals surface area contributed by atoms with E-state index in [1.54, 1.807) is 66.7 Å². The zero-order valence-electron chi connectivity index (χ0n) is 19.4. The Morgan fingerprint density at radius 1 is 1.03 bits per heavy atom. The molecule has 1 amide bonds. The number of hydrogen-bond acceptors (Lipinski definition) is 7. The number of carbonyl (C=O) groups excluding carboxylic acids is 1. The fourth-order valence-corrected chi connectivity index (χ4v) is 6.67. The van der Waals surface area contributed by atoms with Crippen molar-refractivity contribution >= 4 is 47.8 Å². The van der Waals surface area contributed by atoms with E-state index in [2.05, 4.69) is 5.32 Å². The van der Waals surface area contributed by atoms with Gasteiger partial charge in [-0.1, -0.05) is 18.2 Å². The van der Waals surface area contributed by atoms with Crippen LogP contribution in [-0.4, -0.2) is 51.8 Å². The first kappa shape index (κ1) is 25.1. The molecule has 2 N–H and O–H groups in total. The van der Waals surface area contributed by atoms with E-state index in [-0.39, 0.29) is 29.1 Å². The fraction of sp³-hybridized carbons (Fsp3) is 0.185. The minimum atomic E-state index is -4.01. The van der Waals surface area contributed by atoms with Crippen molar-refractivity contribution < 1.29 is 27.2 Å². The van der Waals surface area contributed by atoms with Crippen LogP contribution >= 0.6 is 0 Å². The third-order valence-electron chi connectivity index (χ3n) is 6.24. The summed E-state index contributed by atoms with van der Waals surface area (Å²) in [6.45, 7) is 0. The Hall–Kier alpha value is -3.61. The summed E-state index contributed by atoms with van der Waals surface area (Å²) in [5.41, 5.74) is 3.77. The third kappa shape index (κ3) is 5.26. The van der Waals surface area contributed by atoms with Crippen LogP contribution in [0.2, 0.25) is 5.32 Å². The van der Waals surface area contributed by atoms with Crippen LogP contribution in [0.15, 0.2) is 78.9 Å². The standard InChI is InChI=1S/C27H22N2O6SSe/c28-16-37-15-24(31)29-19-10-6-18(7-11-19)26-25(17-8-12-20(30)13-9-17)22-14-23(27(26)34-22)36(32,33)35-21-4-2-1-3-5-21/h1-13,22-23,27,30H,14-15H2,(H,29,31). The Balaban J connectivity index is 1.49. The quantitative estimate of drug-likeness (QED) is 0.306. The first-order chi connectivity index (χ1) is 17.9. The molecule has 0 saturated carbocycles. The first-order valence-corrected chi connectivity index (χ1v) is 15.0. The number of ether oxygens (including phenoxy) is 1. The molecule has 3 unspecified atom stereocenters. The van der Waals surface area contributed by atoms with Gasteiger partial charge in [-0.3, -0.25) is 0 Å². The van der Waals surface area contributed by atoms with Crippen molar-refractivity contribution in [1.82, 2.24) is 0 Å². The summed E-state index contributed by atoms with van der Waals surface area (Å²) in [6, 6.07) is 22.2. The molecule has 2 heterocycles. The fourth-order valence-electron chi connectivity index (χ4n) is 4.69. The van der Waals surface area contributed by atoms with Crippen LogP contribution in [0.3, 0.4) is 0 Å². The van der Waals surface area contributed by atoms with Gasteiger partial charge in [0.2, 0.25) is 0 Å². The Morgan fingerprint density at radius 3 is 2.35 bits per heavy atom. The average Bonchev–Trinajstić information content (AvgIpc) is 3.49. The van der Waals surface area contributed by atoms with Gasteiger partial charge in [0.25, 0.3) is 0 Å². The third-order valence-corrected chi connectivity index (χ3v) is 8.97. The molecule has 2 aliphatic heterocycles. The van der Waals surface area contributed by atoms with Crippen LogP contribution in [0.5, 0.6) is 11.5 Å². The molecule has 5 rings (SSSR count). The first-order valence-electron chi connectivity index (χ1n) is 11.4. The van der Waals surface area contributed by atoms with Crippen LogP contribution in [-0.2, 0) is 19.6 Å². The van der Waals surface area contributed by atoms with Gasteiger partial charge in [0.05, 0.1) is 0 Å². The van der Waals surface area contributed by atoms with Gasteiger partial charge in [-0.25, -0.2) is 0 Å². The Kier molecular flexibility index (Phi) is 7.04. The molecule has 8 nitrogen and oxygen atoms in total. The molecule has 0 aromatic heterocycles. The zero-order valence-corrected chi connectivity index (χ0v) is 21.9. The van der Waals surface area contributed by atoms with Gasteiger partial charge in [-0.05, 0) is 12.1 Å². The molecule has 2 bridgehead atoms. The number of aromatic hydroxyl groups is 1. The average molecular weight is 582 g/mol. The number of phenols is 1. The monoisotopic (exact) mass is 582 g/mol. The van der Waals surface area contributed by atoms with E-state index in [4.69, 9.17) is 14.2 Å². The number of para-hydroxylation sites is 1. The van der Waals surface area contributed by atoms with Crippen LogP contribution in [0.1, 0.15) is 17.5 Å². The summed E-state index contributed by atoms with van der Waals surface area (Å²) in [5, 5.41) is 20.5. The molecule has 10 heteroatoms. The van der Waals surface area contributed by atoms with Crippen molar-refractivity contribution in [1.29, 1.82) is 5.26 Å². The van der Waals surface area contributed by atoms with E-state index in [1.807, 2.05) is 17.1 Å². The zero-order chi connectivity index (χ0) is 26.0. The van der Waals surface area contributed by atoms with Crippen LogP contribution < -0.4 is 9.50 Å². The van der Waals surface area contributed by atoms with Crippen molar-refractivity contribution in [2.45, 2.75) is 29.2 Å². The van der Waals surface area contributed by atoms with Gasteiger partial charge in [-0.2, -0.15) is 0 Å². The van der Waals surface area contributed by atoms with E-state index in [9.17, 15) is 18.3 Å². The van der Waals surface area contributed by atoms with Crippen molar-refractivity contribution in [3.63, 3.8) is 0 Å². The number of rotatable bonds is 8. The summed E-state index contributed by atoms with van der Waals surface area (Å²) in [5.74, 6) is 0.141. The van der Waals surface area contributed by atoms with Crippen molar-refractivity contribution in [3.05, 3.63) is 90.0 Å². The predicted molar refractivity (Wildman–Crippen MR) is 139 cm³/mol. The summed E-state index contributed by atoms with van der Waals surface area (Å²) < 4.78 is 38.2. The van der Waals surface area contributed by atoms with Crippen molar-refractivity contribution in [3.8, 4) is 16.5 Å². The number of nitriles is 1. The molecule has 188 valence electrons. The second-order valence-electron chi connectivity index (χ2n) is 8.59. The number of hydrogen-bond donors (Lipinski definition) is 2. The number of benzene rings is 3. The Bertz CT molecular complexity index is 1480. The number of nitrogens with zero attached hydrogens (tertiary/aromatic N) is 1. The van der Waals surface area contributed by atoms with E-state index >= 15 is 0 Å². The van der Waals surface area contributed by atoms with Gasteiger partial charge in [0.15, 0.2) is 0 Å². The van der Waals surface area contributed by atoms with Crippen LogP contribution in [0.4, 0.5) is 5.69 Å². The maximum atomic E-state index is 13.3.